The molecule has 0 amide bonds. The quantitative estimate of drug-likeness (QED) is 0.751. The van der Waals surface area contributed by atoms with Gasteiger partial charge in [-0.05, 0) is 30.9 Å². The maximum atomic E-state index is 3.62. The van der Waals surface area contributed by atoms with Gasteiger partial charge in [-0.1, -0.05) is 51.1 Å². The van der Waals surface area contributed by atoms with E-state index >= 15 is 0 Å². The topological polar surface area (TPSA) is 12.0 Å². The van der Waals surface area contributed by atoms with Crippen LogP contribution in [-0.2, 0) is 6.42 Å². The van der Waals surface area contributed by atoms with E-state index in [1.54, 1.807) is 0 Å². The highest BCUT2D eigenvalue weighted by Crippen LogP contribution is 2.05. The summed E-state index contributed by atoms with van der Waals surface area (Å²) in [5.74, 6) is 0.728. The van der Waals surface area contributed by atoms with Crippen LogP contribution in [0.3, 0.4) is 0 Å². The molecule has 84 valence electrons. The number of rotatable bonds is 6. The van der Waals surface area contributed by atoms with Crippen molar-refractivity contribution in [2.75, 3.05) is 6.54 Å². The van der Waals surface area contributed by atoms with Crippen molar-refractivity contribution in [1.29, 1.82) is 0 Å². The van der Waals surface area contributed by atoms with Gasteiger partial charge in [0.2, 0.25) is 0 Å². The summed E-state index contributed by atoms with van der Waals surface area (Å²) in [6, 6.07) is 11.3. The predicted octanol–water partition coefficient (Wildman–Crippen LogP) is 3.25. The van der Waals surface area contributed by atoms with Crippen molar-refractivity contribution in [3.8, 4) is 0 Å². The van der Waals surface area contributed by atoms with E-state index in [1.807, 2.05) is 0 Å². The Balaban J connectivity index is 2.27. The predicted molar refractivity (Wildman–Crippen MR) is 67.1 cm³/mol. The van der Waals surface area contributed by atoms with Crippen LogP contribution in [0.5, 0.6) is 0 Å². The lowest BCUT2D eigenvalue weighted by Gasteiger charge is -2.20. The van der Waals surface area contributed by atoms with E-state index in [4.69, 9.17) is 0 Å². The maximum Gasteiger partial charge on any atom is 0.00875 e. The van der Waals surface area contributed by atoms with Gasteiger partial charge < -0.3 is 5.32 Å². The van der Waals surface area contributed by atoms with Gasteiger partial charge in [0.25, 0.3) is 0 Å². The molecule has 0 aliphatic carbocycles. The van der Waals surface area contributed by atoms with E-state index < -0.39 is 0 Å². The Morgan fingerprint density at radius 3 is 2.33 bits per heavy atom. The van der Waals surface area contributed by atoms with Crippen LogP contribution >= 0.6 is 0 Å². The molecule has 0 spiro atoms. The molecule has 0 unspecified atom stereocenters. The van der Waals surface area contributed by atoms with Crippen LogP contribution in [0.4, 0.5) is 0 Å². The first-order chi connectivity index (χ1) is 7.24. The summed E-state index contributed by atoms with van der Waals surface area (Å²) in [6.45, 7) is 7.90. The first-order valence-corrected chi connectivity index (χ1v) is 6.01. The largest absolute Gasteiger partial charge is 0.313 e. The van der Waals surface area contributed by atoms with E-state index in [1.165, 1.54) is 12.0 Å². The van der Waals surface area contributed by atoms with Crippen molar-refractivity contribution >= 4 is 0 Å². The van der Waals surface area contributed by atoms with E-state index in [2.05, 4.69) is 56.4 Å². The van der Waals surface area contributed by atoms with Crippen molar-refractivity contribution in [1.82, 2.24) is 5.32 Å². The molecule has 0 radical (unpaired) electrons. The lowest BCUT2D eigenvalue weighted by Crippen LogP contribution is -2.34. The summed E-state index contributed by atoms with van der Waals surface area (Å²) < 4.78 is 0. The molecule has 15 heavy (non-hydrogen) atoms. The molecule has 0 fully saturated rings. The fourth-order valence-electron chi connectivity index (χ4n) is 1.90. The molecule has 1 aromatic rings. The second kappa shape index (κ2) is 6.62. The lowest BCUT2D eigenvalue weighted by molar-refractivity contribution is 0.391. The van der Waals surface area contributed by atoms with Gasteiger partial charge >= 0.3 is 0 Å². The van der Waals surface area contributed by atoms with Crippen LogP contribution in [0.25, 0.3) is 0 Å². The average molecular weight is 205 g/mol. The first-order valence-electron chi connectivity index (χ1n) is 6.01. The third kappa shape index (κ3) is 4.48. The molecule has 0 saturated carbocycles. The normalized spacial score (nSPS) is 13.1. The Morgan fingerprint density at radius 1 is 1.13 bits per heavy atom. The van der Waals surface area contributed by atoms with Gasteiger partial charge in [-0.2, -0.15) is 0 Å². The Morgan fingerprint density at radius 2 is 1.80 bits per heavy atom. The SMILES string of the molecule is CC[C@H](NCCc1ccccc1)C(C)C. The summed E-state index contributed by atoms with van der Waals surface area (Å²) in [4.78, 5) is 0. The summed E-state index contributed by atoms with van der Waals surface area (Å²) in [5, 5.41) is 3.62. The highest BCUT2D eigenvalue weighted by atomic mass is 14.9. The molecule has 0 bridgehead atoms. The lowest BCUT2D eigenvalue weighted by atomic mass is 10.0. The van der Waals surface area contributed by atoms with Crippen molar-refractivity contribution in [3.63, 3.8) is 0 Å². The third-order valence-electron chi connectivity index (χ3n) is 2.91. The van der Waals surface area contributed by atoms with E-state index in [9.17, 15) is 0 Å². The number of benzene rings is 1. The molecule has 1 nitrogen and oxygen atoms in total. The Kier molecular flexibility index (Phi) is 5.41. The van der Waals surface area contributed by atoms with Crippen molar-refractivity contribution in [2.24, 2.45) is 5.92 Å². The number of hydrogen-bond acceptors (Lipinski definition) is 1. The third-order valence-corrected chi connectivity index (χ3v) is 2.91. The molecule has 0 saturated heterocycles. The summed E-state index contributed by atoms with van der Waals surface area (Å²) >= 11 is 0. The standard InChI is InChI=1S/C14H23N/c1-4-14(12(2)3)15-11-10-13-8-6-5-7-9-13/h5-9,12,14-15H,4,10-11H2,1-3H3/t14-/m0/s1. The Bertz CT molecular complexity index is 253. The van der Waals surface area contributed by atoms with Crippen LogP contribution in [0.1, 0.15) is 32.8 Å². The molecule has 1 N–H and O–H groups in total. The minimum Gasteiger partial charge on any atom is -0.313 e. The number of nitrogens with one attached hydrogen (secondary N) is 1. The van der Waals surface area contributed by atoms with Crippen LogP contribution in [-0.4, -0.2) is 12.6 Å². The van der Waals surface area contributed by atoms with E-state index in [-0.39, 0.29) is 0 Å². The molecule has 0 aliphatic rings. The molecule has 0 heterocycles. The van der Waals surface area contributed by atoms with Crippen molar-refractivity contribution in [2.45, 2.75) is 39.7 Å². The van der Waals surface area contributed by atoms with Gasteiger partial charge in [0.15, 0.2) is 0 Å². The minimum absolute atomic E-state index is 0.661. The molecular weight excluding hydrogens is 182 g/mol. The van der Waals surface area contributed by atoms with Gasteiger partial charge in [0.05, 0.1) is 0 Å². The van der Waals surface area contributed by atoms with E-state index in [0.717, 1.165) is 18.9 Å². The molecule has 0 aliphatic heterocycles. The smallest absolute Gasteiger partial charge is 0.00875 e. The zero-order valence-corrected chi connectivity index (χ0v) is 10.2. The fourth-order valence-corrected chi connectivity index (χ4v) is 1.90. The van der Waals surface area contributed by atoms with Crippen molar-refractivity contribution < 1.29 is 0 Å². The fraction of sp³-hybridized carbons (Fsp3) is 0.571. The van der Waals surface area contributed by atoms with Crippen LogP contribution in [0, 0.1) is 5.92 Å². The van der Waals surface area contributed by atoms with Gasteiger partial charge in [0, 0.05) is 6.04 Å². The Hall–Kier alpha value is -0.820. The monoisotopic (exact) mass is 205 g/mol. The van der Waals surface area contributed by atoms with E-state index in [0.29, 0.717) is 6.04 Å². The summed E-state index contributed by atoms with van der Waals surface area (Å²) in [5.41, 5.74) is 1.42. The molecule has 1 aromatic carbocycles. The first kappa shape index (κ1) is 12.3. The highest BCUT2D eigenvalue weighted by molar-refractivity contribution is 5.14. The molecule has 0 aromatic heterocycles. The molecule has 1 atom stereocenters. The highest BCUT2D eigenvalue weighted by Gasteiger charge is 2.08. The number of hydrogen-bond donors (Lipinski definition) is 1. The second-order valence-corrected chi connectivity index (χ2v) is 4.45. The average Bonchev–Trinajstić information content (AvgIpc) is 2.25. The minimum atomic E-state index is 0.661. The van der Waals surface area contributed by atoms with Crippen molar-refractivity contribution in [3.05, 3.63) is 35.9 Å². The van der Waals surface area contributed by atoms with Gasteiger partial charge in [-0.3, -0.25) is 0 Å². The van der Waals surface area contributed by atoms with Crippen LogP contribution in [0.15, 0.2) is 30.3 Å². The molecule has 1 heteroatoms. The van der Waals surface area contributed by atoms with Gasteiger partial charge in [-0.15, -0.1) is 0 Å². The molecule has 1 rings (SSSR count). The van der Waals surface area contributed by atoms with Crippen LogP contribution < -0.4 is 5.32 Å². The zero-order chi connectivity index (χ0) is 11.1. The summed E-state index contributed by atoms with van der Waals surface area (Å²) in [7, 11) is 0. The summed E-state index contributed by atoms with van der Waals surface area (Å²) in [6.07, 6.45) is 2.34. The molecular formula is C14H23N. The van der Waals surface area contributed by atoms with Gasteiger partial charge in [-0.25, -0.2) is 0 Å². The second-order valence-electron chi connectivity index (χ2n) is 4.45. The van der Waals surface area contributed by atoms with Gasteiger partial charge in [0.1, 0.15) is 0 Å². The Labute approximate surface area is 93.9 Å². The zero-order valence-electron chi connectivity index (χ0n) is 10.2. The van der Waals surface area contributed by atoms with Crippen LogP contribution in [0.2, 0.25) is 0 Å². The maximum absolute atomic E-state index is 3.62.